The predicted molar refractivity (Wildman–Crippen MR) is 163 cm³/mol. The van der Waals surface area contributed by atoms with Gasteiger partial charge in [0.15, 0.2) is 11.5 Å². The van der Waals surface area contributed by atoms with Gasteiger partial charge in [-0.1, -0.05) is 54.1 Å². The second-order valence-corrected chi connectivity index (χ2v) is 11.1. The molecule has 0 radical (unpaired) electrons. The molecular weight excluding hydrogens is 578 g/mol. The first-order valence-corrected chi connectivity index (χ1v) is 14.8. The summed E-state index contributed by atoms with van der Waals surface area (Å²) in [5.74, 6) is 0.712. The van der Waals surface area contributed by atoms with Gasteiger partial charge in [0.05, 0.1) is 30.5 Å². The number of methoxy groups -OCH3 is 1. The van der Waals surface area contributed by atoms with Crippen LogP contribution in [0.2, 0.25) is 5.02 Å². The predicted octanol–water partition coefficient (Wildman–Crippen LogP) is 5.67. The van der Waals surface area contributed by atoms with Crippen LogP contribution in [0.4, 0.5) is 5.69 Å². The SMILES string of the molecule is CCOc1cc(/C=N/NC(=O)CN(c2ccccc2OC)S(=O)(=O)c2ccccc2)ccc1OCc1ccc(Cl)cc1. The lowest BCUT2D eigenvalue weighted by Gasteiger charge is -2.25. The van der Waals surface area contributed by atoms with Gasteiger partial charge in [0, 0.05) is 5.02 Å². The molecule has 11 heteroatoms. The average molecular weight is 608 g/mol. The van der Waals surface area contributed by atoms with Gasteiger partial charge in [0.1, 0.15) is 18.9 Å². The number of amides is 1. The van der Waals surface area contributed by atoms with Gasteiger partial charge in [-0.2, -0.15) is 5.10 Å². The van der Waals surface area contributed by atoms with Crippen molar-refractivity contribution in [3.63, 3.8) is 0 Å². The molecule has 4 rings (SSSR count). The van der Waals surface area contributed by atoms with Crippen molar-refractivity contribution in [3.05, 3.63) is 113 Å². The number of sulfonamides is 1. The summed E-state index contributed by atoms with van der Waals surface area (Å²) in [7, 11) is -2.67. The standard InChI is InChI=1S/C31H30ClN3O6S/c1-3-40-30-19-24(15-18-29(30)41-22-23-13-16-25(32)17-14-23)20-33-34-31(36)21-35(27-11-7-8-12-28(27)39-2)42(37,38)26-9-5-4-6-10-26/h4-20H,3,21-22H2,1-2H3,(H,34,36)/b33-20+. The van der Waals surface area contributed by atoms with Crippen LogP contribution < -0.4 is 23.9 Å². The highest BCUT2D eigenvalue weighted by Crippen LogP contribution is 2.32. The minimum absolute atomic E-state index is 0.0361. The third-order valence-corrected chi connectivity index (χ3v) is 7.98. The van der Waals surface area contributed by atoms with Gasteiger partial charge in [-0.3, -0.25) is 9.10 Å². The summed E-state index contributed by atoms with van der Waals surface area (Å²) in [4.78, 5) is 13.0. The minimum atomic E-state index is -4.10. The molecule has 4 aromatic carbocycles. The van der Waals surface area contributed by atoms with Crippen LogP contribution in [0.1, 0.15) is 18.1 Å². The number of carbonyl (C=O) groups is 1. The first kappa shape index (κ1) is 30.4. The summed E-state index contributed by atoms with van der Waals surface area (Å²) in [6.07, 6.45) is 1.43. The Kier molecular flexibility index (Phi) is 10.4. The van der Waals surface area contributed by atoms with E-state index in [1.54, 1.807) is 72.8 Å². The van der Waals surface area contributed by atoms with Crippen molar-refractivity contribution in [3.8, 4) is 17.2 Å². The van der Waals surface area contributed by atoms with Crippen LogP contribution in [0.5, 0.6) is 17.2 Å². The number of anilines is 1. The summed E-state index contributed by atoms with van der Waals surface area (Å²) in [6, 6.07) is 27.0. The molecule has 0 aliphatic carbocycles. The molecule has 0 fully saturated rings. The number of nitrogens with one attached hydrogen (secondary N) is 1. The fraction of sp³-hybridized carbons (Fsp3) is 0.161. The van der Waals surface area contributed by atoms with Crippen LogP contribution in [-0.2, 0) is 21.4 Å². The van der Waals surface area contributed by atoms with Gasteiger partial charge in [-0.25, -0.2) is 13.8 Å². The van der Waals surface area contributed by atoms with E-state index in [0.717, 1.165) is 9.87 Å². The van der Waals surface area contributed by atoms with Crippen LogP contribution in [0.3, 0.4) is 0 Å². The van der Waals surface area contributed by atoms with Gasteiger partial charge in [-0.15, -0.1) is 0 Å². The molecule has 0 saturated heterocycles. The van der Waals surface area contributed by atoms with Crippen molar-refractivity contribution >= 4 is 39.4 Å². The van der Waals surface area contributed by atoms with Crippen LogP contribution in [0, 0.1) is 0 Å². The summed E-state index contributed by atoms with van der Waals surface area (Å²) in [5.41, 5.74) is 4.22. The Morgan fingerprint density at radius 3 is 2.33 bits per heavy atom. The lowest BCUT2D eigenvalue weighted by molar-refractivity contribution is -0.119. The lowest BCUT2D eigenvalue weighted by atomic mass is 10.2. The van der Waals surface area contributed by atoms with E-state index in [0.29, 0.717) is 41.0 Å². The monoisotopic (exact) mass is 607 g/mol. The summed E-state index contributed by atoms with van der Waals surface area (Å²) >= 11 is 5.95. The number of rotatable bonds is 13. The molecule has 0 aromatic heterocycles. The molecule has 0 saturated carbocycles. The second kappa shape index (κ2) is 14.4. The molecule has 42 heavy (non-hydrogen) atoms. The van der Waals surface area contributed by atoms with E-state index in [2.05, 4.69) is 10.5 Å². The fourth-order valence-corrected chi connectivity index (χ4v) is 5.51. The first-order valence-electron chi connectivity index (χ1n) is 13.0. The van der Waals surface area contributed by atoms with E-state index in [1.165, 1.54) is 25.5 Å². The molecule has 218 valence electrons. The maximum atomic E-state index is 13.5. The van der Waals surface area contributed by atoms with Crippen molar-refractivity contribution < 1.29 is 27.4 Å². The Morgan fingerprint density at radius 1 is 0.905 bits per heavy atom. The molecule has 0 bridgehead atoms. The molecule has 1 N–H and O–H groups in total. The highest BCUT2D eigenvalue weighted by Gasteiger charge is 2.29. The zero-order chi connectivity index (χ0) is 30.0. The number of ether oxygens (including phenoxy) is 3. The molecule has 4 aromatic rings. The third kappa shape index (κ3) is 7.80. The fourth-order valence-electron chi connectivity index (χ4n) is 3.93. The maximum Gasteiger partial charge on any atom is 0.264 e. The smallest absolute Gasteiger partial charge is 0.264 e. The van der Waals surface area contributed by atoms with Crippen LogP contribution in [0.25, 0.3) is 0 Å². The van der Waals surface area contributed by atoms with E-state index in [1.807, 2.05) is 19.1 Å². The molecule has 0 unspecified atom stereocenters. The number of hydrazone groups is 1. The number of hydrogen-bond donors (Lipinski definition) is 1. The molecule has 0 aliphatic heterocycles. The number of carbonyl (C=O) groups excluding carboxylic acids is 1. The van der Waals surface area contributed by atoms with Gasteiger partial charge >= 0.3 is 0 Å². The Bertz CT molecular complexity index is 1630. The molecule has 0 aliphatic rings. The summed E-state index contributed by atoms with van der Waals surface area (Å²) in [6.45, 7) is 2.08. The van der Waals surface area contributed by atoms with E-state index in [4.69, 9.17) is 25.8 Å². The molecule has 0 atom stereocenters. The van der Waals surface area contributed by atoms with Crippen molar-refractivity contribution in [2.75, 3.05) is 24.6 Å². The van der Waals surface area contributed by atoms with Crippen LogP contribution in [0.15, 0.2) is 107 Å². The highest BCUT2D eigenvalue weighted by molar-refractivity contribution is 7.92. The van der Waals surface area contributed by atoms with Crippen molar-refractivity contribution in [1.29, 1.82) is 0 Å². The van der Waals surface area contributed by atoms with Gasteiger partial charge in [0.25, 0.3) is 15.9 Å². The zero-order valence-electron chi connectivity index (χ0n) is 23.1. The quantitative estimate of drug-likeness (QED) is 0.155. The van der Waals surface area contributed by atoms with E-state index >= 15 is 0 Å². The van der Waals surface area contributed by atoms with E-state index in [-0.39, 0.29) is 10.6 Å². The topological polar surface area (TPSA) is 107 Å². The normalized spacial score (nSPS) is 11.2. The van der Waals surface area contributed by atoms with Crippen LogP contribution >= 0.6 is 11.6 Å². The van der Waals surface area contributed by atoms with E-state index in [9.17, 15) is 13.2 Å². The largest absolute Gasteiger partial charge is 0.495 e. The Labute approximate surface area is 250 Å². The third-order valence-electron chi connectivity index (χ3n) is 5.95. The molecule has 0 heterocycles. The van der Waals surface area contributed by atoms with Gasteiger partial charge in [-0.05, 0) is 72.6 Å². The Morgan fingerprint density at radius 2 is 1.62 bits per heavy atom. The van der Waals surface area contributed by atoms with E-state index < -0.39 is 22.5 Å². The van der Waals surface area contributed by atoms with Crippen molar-refractivity contribution in [1.82, 2.24) is 5.43 Å². The number of halogens is 1. The number of benzene rings is 4. The summed E-state index contributed by atoms with van der Waals surface area (Å²) < 4.78 is 45.1. The first-order chi connectivity index (χ1) is 20.3. The maximum absolute atomic E-state index is 13.5. The lowest BCUT2D eigenvalue weighted by Crippen LogP contribution is -2.39. The molecule has 1 amide bonds. The highest BCUT2D eigenvalue weighted by atomic mass is 35.5. The summed E-state index contributed by atoms with van der Waals surface area (Å²) in [5, 5.41) is 4.68. The number of nitrogens with zero attached hydrogens (tertiary/aromatic N) is 2. The average Bonchev–Trinajstić information content (AvgIpc) is 3.01. The molecule has 0 spiro atoms. The Hall–Kier alpha value is -4.54. The minimum Gasteiger partial charge on any atom is -0.495 e. The number of para-hydroxylation sites is 2. The zero-order valence-corrected chi connectivity index (χ0v) is 24.6. The molecule has 9 nitrogen and oxygen atoms in total. The van der Waals surface area contributed by atoms with Gasteiger partial charge < -0.3 is 14.2 Å². The van der Waals surface area contributed by atoms with Crippen molar-refractivity contribution in [2.45, 2.75) is 18.4 Å². The second-order valence-electron chi connectivity index (χ2n) is 8.84. The van der Waals surface area contributed by atoms with Gasteiger partial charge in [0.2, 0.25) is 0 Å². The van der Waals surface area contributed by atoms with Crippen LogP contribution in [-0.4, -0.2) is 40.8 Å². The van der Waals surface area contributed by atoms with Crippen molar-refractivity contribution in [2.24, 2.45) is 5.10 Å². The Balaban J connectivity index is 1.48. The molecular formula is C31H30ClN3O6S. The number of hydrogen-bond acceptors (Lipinski definition) is 7.